The van der Waals surface area contributed by atoms with Crippen molar-refractivity contribution >= 4 is 126 Å². The van der Waals surface area contributed by atoms with Gasteiger partial charge in [-0.15, -0.1) is 22.7 Å². The molecule has 4 heterocycles. The number of rotatable bonds is 4. The van der Waals surface area contributed by atoms with Crippen molar-refractivity contribution in [1.29, 1.82) is 0 Å². The molecule has 0 saturated carbocycles. The van der Waals surface area contributed by atoms with Gasteiger partial charge in [0.15, 0.2) is 0 Å². The van der Waals surface area contributed by atoms with Crippen LogP contribution < -0.4 is 37.7 Å². The van der Waals surface area contributed by atoms with Crippen molar-refractivity contribution in [1.82, 2.24) is 0 Å². The molecule has 0 amide bonds. The molecule has 11 aromatic rings. The molecule has 0 fully saturated rings. The van der Waals surface area contributed by atoms with Crippen molar-refractivity contribution < 1.29 is 0 Å². The van der Waals surface area contributed by atoms with E-state index in [1.54, 1.807) is 0 Å². The predicted molar refractivity (Wildman–Crippen MR) is 312 cm³/mol. The topological polar surface area (TPSA) is 3.24 Å². The number of thiophene rings is 2. The maximum atomic E-state index is 2.69. The molecule has 13 rings (SSSR count). The van der Waals surface area contributed by atoms with Crippen LogP contribution in [0.2, 0.25) is 0 Å². The lowest BCUT2D eigenvalue weighted by Gasteiger charge is -2.45. The SMILES string of the molecule is Cc1cc2c3c(c1)B(c1c(C)c(C)c(C)c(C)c1C)c1cc(-c4cccc5c4sc4ccccc45)ccc1N3c1ccc(-c3cccc4c3sc3ccccc34)cc1B2c1c(C)c(C)c(C)c(C)c1C. The molecular weight excluding hydrogens is 880 g/mol. The second-order valence-electron chi connectivity index (χ2n) is 20.7. The number of hydrogen-bond acceptors (Lipinski definition) is 3. The Morgan fingerprint density at radius 3 is 1.13 bits per heavy atom. The van der Waals surface area contributed by atoms with Crippen LogP contribution in [-0.4, -0.2) is 13.4 Å². The summed E-state index contributed by atoms with van der Waals surface area (Å²) in [5.74, 6) is 0. The van der Waals surface area contributed by atoms with Crippen molar-refractivity contribution in [3.63, 3.8) is 0 Å². The summed E-state index contributed by atoms with van der Waals surface area (Å²) in [6.45, 7) is 26.0. The zero-order valence-electron chi connectivity index (χ0n) is 42.1. The molecule has 2 aliphatic rings. The van der Waals surface area contributed by atoms with Crippen LogP contribution >= 0.6 is 22.7 Å². The first kappa shape index (κ1) is 43.4. The normalized spacial score (nSPS) is 13.0. The van der Waals surface area contributed by atoms with Crippen molar-refractivity contribution in [3.05, 3.63) is 195 Å². The Kier molecular flexibility index (Phi) is 9.71. The number of nitrogens with zero attached hydrogens (tertiary/aromatic N) is 1. The third-order valence-corrected chi connectivity index (χ3v) is 19.9. The predicted octanol–water partition coefficient (Wildman–Crippen LogP) is 14.3. The molecule has 338 valence electrons. The number of hydrogen-bond donors (Lipinski definition) is 0. The van der Waals surface area contributed by atoms with Crippen molar-refractivity contribution in [2.45, 2.75) is 76.2 Å². The first-order valence-electron chi connectivity index (χ1n) is 25.0. The molecule has 70 heavy (non-hydrogen) atoms. The highest BCUT2D eigenvalue weighted by Gasteiger charge is 2.46. The number of aryl methyl sites for hydroxylation is 1. The van der Waals surface area contributed by atoms with Crippen LogP contribution in [0.3, 0.4) is 0 Å². The lowest BCUT2D eigenvalue weighted by Crippen LogP contribution is -2.66. The van der Waals surface area contributed by atoms with E-state index in [4.69, 9.17) is 0 Å². The van der Waals surface area contributed by atoms with Crippen LogP contribution in [0.5, 0.6) is 0 Å². The molecule has 0 atom stereocenters. The maximum absolute atomic E-state index is 2.69. The van der Waals surface area contributed by atoms with Crippen LogP contribution in [0.25, 0.3) is 62.6 Å². The molecule has 2 aliphatic heterocycles. The van der Waals surface area contributed by atoms with Crippen LogP contribution in [0.15, 0.2) is 133 Å². The third-order valence-electron chi connectivity index (χ3n) is 17.4. The van der Waals surface area contributed by atoms with Crippen molar-refractivity contribution in [2.75, 3.05) is 4.90 Å². The molecule has 0 unspecified atom stereocenters. The second kappa shape index (κ2) is 15.7. The minimum atomic E-state index is 0.0233. The van der Waals surface area contributed by atoms with E-state index in [1.165, 1.54) is 174 Å². The van der Waals surface area contributed by atoms with E-state index in [9.17, 15) is 0 Å². The van der Waals surface area contributed by atoms with Crippen LogP contribution in [0.1, 0.15) is 61.2 Å². The van der Waals surface area contributed by atoms with Gasteiger partial charge in [0.25, 0.3) is 0 Å². The Labute approximate surface area is 421 Å². The lowest BCUT2D eigenvalue weighted by atomic mass is 9.29. The molecule has 0 radical (unpaired) electrons. The van der Waals surface area contributed by atoms with E-state index in [0.717, 1.165) is 0 Å². The molecule has 1 nitrogen and oxygen atoms in total. The molecule has 9 aromatic carbocycles. The minimum Gasteiger partial charge on any atom is -0.313 e. The summed E-state index contributed by atoms with van der Waals surface area (Å²) in [6.07, 6.45) is 0. The molecule has 0 N–H and O–H groups in total. The van der Waals surface area contributed by atoms with E-state index in [0.29, 0.717) is 0 Å². The highest BCUT2D eigenvalue weighted by molar-refractivity contribution is 7.26. The molecular formula is C65H55B2NS2. The van der Waals surface area contributed by atoms with Gasteiger partial charge in [-0.1, -0.05) is 148 Å². The first-order valence-corrected chi connectivity index (χ1v) is 26.6. The minimum absolute atomic E-state index is 0.0233. The van der Waals surface area contributed by atoms with Gasteiger partial charge >= 0.3 is 0 Å². The van der Waals surface area contributed by atoms with Gasteiger partial charge in [0.05, 0.1) is 0 Å². The fourth-order valence-corrected chi connectivity index (χ4v) is 15.5. The third kappa shape index (κ3) is 5.98. The summed E-state index contributed by atoms with van der Waals surface area (Å²) in [5.41, 5.74) is 32.8. The maximum Gasteiger partial charge on any atom is 0.247 e. The van der Waals surface area contributed by atoms with Crippen LogP contribution in [0.4, 0.5) is 17.1 Å². The fourth-order valence-electron chi connectivity index (χ4n) is 13.0. The molecule has 2 aromatic heterocycles. The van der Waals surface area contributed by atoms with E-state index >= 15 is 0 Å². The van der Waals surface area contributed by atoms with E-state index in [1.807, 2.05) is 22.7 Å². The molecule has 0 aliphatic carbocycles. The van der Waals surface area contributed by atoms with Gasteiger partial charge in [-0.2, -0.15) is 0 Å². The molecule has 0 bridgehead atoms. The van der Waals surface area contributed by atoms with E-state index in [2.05, 4.69) is 215 Å². The summed E-state index contributed by atoms with van der Waals surface area (Å²) in [7, 11) is 0. The molecule has 0 spiro atoms. The second-order valence-corrected chi connectivity index (χ2v) is 22.8. The summed E-state index contributed by atoms with van der Waals surface area (Å²) in [4.78, 5) is 2.69. The fraction of sp³-hybridized carbons (Fsp3) is 0.169. The zero-order valence-corrected chi connectivity index (χ0v) is 43.8. The highest BCUT2D eigenvalue weighted by atomic mass is 32.1. The van der Waals surface area contributed by atoms with Gasteiger partial charge in [-0.3, -0.25) is 0 Å². The monoisotopic (exact) mass is 935 g/mol. The van der Waals surface area contributed by atoms with Crippen molar-refractivity contribution in [2.24, 2.45) is 0 Å². The first-order chi connectivity index (χ1) is 33.8. The highest BCUT2D eigenvalue weighted by Crippen LogP contribution is 2.45. The standard InChI is InChI=1S/C65H55B2NS2/c1-34-30-55-63-56(31-34)67(62-43(10)39(6)36(3)40(7)44(62)11)54-33-46(48-21-17-23-52-50-19-13-15-25-60(50)70-65(48)52)27-29-58(54)68(63)57-28-26-45(47-20-16-22-51-49-18-12-14-24-59(49)69-64(47)51)32-53(57)66(55)61-41(8)37(4)35(2)38(5)42(61)9/h12-33H,1-11H3. The Morgan fingerprint density at radius 2 is 0.714 bits per heavy atom. The molecule has 5 heteroatoms. The Morgan fingerprint density at radius 1 is 0.343 bits per heavy atom. The average molecular weight is 936 g/mol. The molecule has 0 saturated heterocycles. The van der Waals surface area contributed by atoms with Gasteiger partial charge in [-0.25, -0.2) is 0 Å². The largest absolute Gasteiger partial charge is 0.313 e. The lowest BCUT2D eigenvalue weighted by molar-refractivity contribution is 1.19. The number of anilines is 3. The van der Waals surface area contributed by atoms with Crippen molar-refractivity contribution in [3.8, 4) is 22.3 Å². The van der Waals surface area contributed by atoms with Crippen LogP contribution in [-0.2, 0) is 0 Å². The summed E-state index contributed by atoms with van der Waals surface area (Å²) < 4.78 is 5.37. The summed E-state index contributed by atoms with van der Waals surface area (Å²) in [6, 6.07) is 51.7. The van der Waals surface area contributed by atoms with Gasteiger partial charge in [0.1, 0.15) is 0 Å². The van der Waals surface area contributed by atoms with Gasteiger partial charge < -0.3 is 4.90 Å². The number of benzene rings is 9. The average Bonchev–Trinajstić information content (AvgIpc) is 3.96. The quantitative estimate of drug-likeness (QED) is 0.159. The smallest absolute Gasteiger partial charge is 0.247 e. The van der Waals surface area contributed by atoms with Crippen LogP contribution in [0, 0.1) is 76.2 Å². The Balaban J connectivity index is 1.14. The zero-order chi connectivity index (χ0) is 48.2. The van der Waals surface area contributed by atoms with Gasteiger partial charge in [0.2, 0.25) is 13.4 Å². The Bertz CT molecular complexity index is 3790. The van der Waals surface area contributed by atoms with E-state index in [-0.39, 0.29) is 13.4 Å². The van der Waals surface area contributed by atoms with E-state index < -0.39 is 0 Å². The summed E-state index contributed by atoms with van der Waals surface area (Å²) in [5, 5.41) is 5.33. The van der Waals surface area contributed by atoms with Gasteiger partial charge in [0, 0.05) is 57.4 Å². The Hall–Kier alpha value is -6.65. The van der Waals surface area contributed by atoms with Gasteiger partial charge in [-0.05, 0) is 178 Å². The number of fused-ring (bicyclic) bond motifs is 10. The summed E-state index contributed by atoms with van der Waals surface area (Å²) >= 11 is 3.84.